The number of amides is 2. The molecule has 0 aliphatic heterocycles. The molecule has 0 aromatic carbocycles. The van der Waals surface area contributed by atoms with Gasteiger partial charge in [0.15, 0.2) is 0 Å². The molecule has 0 aromatic rings. The van der Waals surface area contributed by atoms with Crippen LogP contribution in [0.2, 0.25) is 0 Å². The molecule has 0 atom stereocenters. The zero-order chi connectivity index (χ0) is 4.83. The summed E-state index contributed by atoms with van der Waals surface area (Å²) >= 11 is 0. The lowest BCUT2D eigenvalue weighted by atomic mass is 11.4. The molecule has 0 unspecified atom stereocenters. The monoisotopic (exact) mass is 86.0 g/mol. The van der Waals surface area contributed by atoms with E-state index in [0.29, 0.717) is 0 Å². The van der Waals surface area contributed by atoms with Crippen LogP contribution in [0.25, 0.3) is 0 Å². The molecule has 0 aliphatic carbocycles. The van der Waals surface area contributed by atoms with Crippen molar-refractivity contribution in [3.8, 4) is 0 Å². The number of nitrogens with zero attached hydrogens (tertiary/aromatic N) is 2. The quantitative estimate of drug-likeness (QED) is 0.343. The highest BCUT2D eigenvalue weighted by atomic mass is 16.1. The van der Waals surface area contributed by atoms with E-state index >= 15 is 0 Å². The predicted molar refractivity (Wildman–Crippen MR) is 17.0 cm³/mol. The molecule has 0 aliphatic rings. The summed E-state index contributed by atoms with van der Waals surface area (Å²) in [6, 6.07) is 0. The molecule has 2 amide bonds. The van der Waals surface area contributed by atoms with Gasteiger partial charge in [-0.3, -0.25) is 9.59 Å². The summed E-state index contributed by atoms with van der Waals surface area (Å²) in [7, 11) is 0. The standard InChI is InChI=1S/C2H2N2O2/c5-1-3-4-2-6/h1-2H/b4-3+. The Hall–Kier alpha value is -1.06. The number of rotatable bonds is 2. The summed E-state index contributed by atoms with van der Waals surface area (Å²) < 4.78 is 0. The van der Waals surface area contributed by atoms with Crippen LogP contribution in [0.5, 0.6) is 0 Å². The third-order valence-corrected chi connectivity index (χ3v) is 0.161. The third-order valence-electron chi connectivity index (χ3n) is 0.161. The van der Waals surface area contributed by atoms with E-state index in [2.05, 4.69) is 10.2 Å². The molecule has 0 saturated heterocycles. The Morgan fingerprint density at radius 1 is 1.00 bits per heavy atom. The predicted octanol–water partition coefficient (Wildman–Crippen LogP) is -0.249. The normalized spacial score (nSPS) is 8.67. The van der Waals surface area contributed by atoms with Crippen LogP contribution < -0.4 is 0 Å². The van der Waals surface area contributed by atoms with Crippen molar-refractivity contribution in [2.75, 3.05) is 0 Å². The van der Waals surface area contributed by atoms with Crippen LogP contribution in [-0.4, -0.2) is 12.8 Å². The summed E-state index contributed by atoms with van der Waals surface area (Å²) in [5.74, 6) is 0. The van der Waals surface area contributed by atoms with Gasteiger partial charge in [0.1, 0.15) is 0 Å². The van der Waals surface area contributed by atoms with E-state index in [-0.39, 0.29) is 12.8 Å². The number of hydrogen-bond donors (Lipinski definition) is 0. The van der Waals surface area contributed by atoms with Gasteiger partial charge in [0.05, 0.1) is 0 Å². The number of carbonyl (C=O) groups is 2. The van der Waals surface area contributed by atoms with Gasteiger partial charge in [-0.2, -0.15) is 0 Å². The minimum absolute atomic E-state index is 0.189. The first kappa shape index (κ1) is 4.94. The summed E-state index contributed by atoms with van der Waals surface area (Å²) in [4.78, 5) is 18.3. The van der Waals surface area contributed by atoms with Crippen molar-refractivity contribution in [3.63, 3.8) is 0 Å². The zero-order valence-corrected chi connectivity index (χ0v) is 2.87. The first-order chi connectivity index (χ1) is 2.91. The first-order valence-corrected chi connectivity index (χ1v) is 1.19. The van der Waals surface area contributed by atoms with Crippen LogP contribution in [0.1, 0.15) is 0 Å². The number of carbonyl (C=O) groups excluding carboxylic acids is 2. The molecule has 0 bridgehead atoms. The van der Waals surface area contributed by atoms with E-state index in [1.165, 1.54) is 0 Å². The van der Waals surface area contributed by atoms with Crippen LogP contribution in [-0.2, 0) is 9.59 Å². The summed E-state index contributed by atoms with van der Waals surface area (Å²) in [5, 5.41) is 5.33. The van der Waals surface area contributed by atoms with E-state index in [1.54, 1.807) is 0 Å². The summed E-state index contributed by atoms with van der Waals surface area (Å²) in [5.41, 5.74) is 0. The van der Waals surface area contributed by atoms with E-state index in [4.69, 9.17) is 9.59 Å². The highest BCUT2D eigenvalue weighted by molar-refractivity contribution is 5.52. The summed E-state index contributed by atoms with van der Waals surface area (Å²) in [6.07, 6.45) is 0.378. The maximum absolute atomic E-state index is 9.14. The third kappa shape index (κ3) is 2.94. The highest BCUT2D eigenvalue weighted by Gasteiger charge is 1.56. The van der Waals surface area contributed by atoms with Crippen LogP contribution in [0.3, 0.4) is 0 Å². The van der Waals surface area contributed by atoms with Gasteiger partial charge in [-0.15, -0.1) is 10.2 Å². The minimum Gasteiger partial charge on any atom is -0.275 e. The second kappa shape index (κ2) is 3.94. The molecule has 0 saturated carbocycles. The molecule has 0 rings (SSSR count). The molecule has 4 heteroatoms. The molecule has 0 spiro atoms. The Labute approximate surface area is 33.9 Å². The Morgan fingerprint density at radius 2 is 1.33 bits per heavy atom. The van der Waals surface area contributed by atoms with Crippen molar-refractivity contribution in [1.82, 2.24) is 0 Å². The SMILES string of the molecule is O=C/N=N/C=O. The van der Waals surface area contributed by atoms with Crippen molar-refractivity contribution in [3.05, 3.63) is 0 Å². The summed E-state index contributed by atoms with van der Waals surface area (Å²) in [6.45, 7) is 0. The molecular weight excluding hydrogens is 84.0 g/mol. The average Bonchev–Trinajstić information content (AvgIpc) is 1.61. The topological polar surface area (TPSA) is 58.9 Å². The zero-order valence-electron chi connectivity index (χ0n) is 2.87. The molecule has 0 fully saturated rings. The van der Waals surface area contributed by atoms with E-state index in [1.807, 2.05) is 0 Å². The van der Waals surface area contributed by atoms with Crippen LogP contribution in [0.15, 0.2) is 10.2 Å². The second-order valence-corrected chi connectivity index (χ2v) is 0.442. The lowest BCUT2D eigenvalue weighted by Crippen LogP contribution is -1.58. The number of azo groups is 1. The molecule has 0 aromatic heterocycles. The van der Waals surface area contributed by atoms with Crippen LogP contribution in [0, 0.1) is 0 Å². The minimum atomic E-state index is 0.189. The number of hydrogen-bond acceptors (Lipinski definition) is 2. The Bertz CT molecular complexity index is 67.6. The fourth-order valence-corrected chi connectivity index (χ4v) is 0.0544. The highest BCUT2D eigenvalue weighted by Crippen LogP contribution is 1.55. The maximum Gasteiger partial charge on any atom is 0.252 e. The molecule has 0 heterocycles. The van der Waals surface area contributed by atoms with Crippen molar-refractivity contribution in [1.29, 1.82) is 0 Å². The Morgan fingerprint density at radius 3 is 1.50 bits per heavy atom. The van der Waals surface area contributed by atoms with Gasteiger partial charge in [-0.05, 0) is 0 Å². The van der Waals surface area contributed by atoms with Gasteiger partial charge in [-0.1, -0.05) is 0 Å². The molecular formula is C2H2N2O2. The van der Waals surface area contributed by atoms with Gasteiger partial charge < -0.3 is 0 Å². The smallest absolute Gasteiger partial charge is 0.252 e. The molecule has 0 radical (unpaired) electrons. The first-order valence-electron chi connectivity index (χ1n) is 1.19. The Kier molecular flexibility index (Phi) is 3.24. The van der Waals surface area contributed by atoms with Crippen molar-refractivity contribution in [2.45, 2.75) is 0 Å². The second-order valence-electron chi connectivity index (χ2n) is 0.442. The van der Waals surface area contributed by atoms with Crippen molar-refractivity contribution >= 4 is 12.8 Å². The van der Waals surface area contributed by atoms with Gasteiger partial charge in [0, 0.05) is 0 Å². The molecule has 4 nitrogen and oxygen atoms in total. The maximum atomic E-state index is 9.14. The molecule has 32 valence electrons. The Balaban J connectivity index is 3.17. The van der Waals surface area contributed by atoms with E-state index in [9.17, 15) is 0 Å². The largest absolute Gasteiger partial charge is 0.275 e. The average molecular weight is 86.0 g/mol. The van der Waals surface area contributed by atoms with Gasteiger partial charge in [-0.25, -0.2) is 0 Å². The van der Waals surface area contributed by atoms with Crippen molar-refractivity contribution < 1.29 is 9.59 Å². The molecule has 0 N–H and O–H groups in total. The van der Waals surface area contributed by atoms with Crippen LogP contribution in [0.4, 0.5) is 0 Å². The van der Waals surface area contributed by atoms with E-state index < -0.39 is 0 Å². The molecule has 6 heavy (non-hydrogen) atoms. The lowest BCUT2D eigenvalue weighted by Gasteiger charge is -1.54. The van der Waals surface area contributed by atoms with Crippen LogP contribution >= 0.6 is 0 Å². The van der Waals surface area contributed by atoms with Gasteiger partial charge in [0.2, 0.25) is 0 Å². The van der Waals surface area contributed by atoms with Gasteiger partial charge in [0.25, 0.3) is 12.8 Å². The fraction of sp³-hybridized carbons (Fsp3) is 0. The fourth-order valence-electron chi connectivity index (χ4n) is 0.0544. The lowest BCUT2D eigenvalue weighted by molar-refractivity contribution is -0.110. The van der Waals surface area contributed by atoms with Gasteiger partial charge >= 0.3 is 0 Å². The van der Waals surface area contributed by atoms with E-state index in [0.717, 1.165) is 0 Å². The van der Waals surface area contributed by atoms with Crippen molar-refractivity contribution in [2.24, 2.45) is 10.2 Å².